The Morgan fingerprint density at radius 1 is 1.53 bits per heavy atom. The Balaban J connectivity index is 2.61. The Kier molecular flexibility index (Phi) is 4.43. The van der Waals surface area contributed by atoms with E-state index >= 15 is 0 Å². The first-order valence-electron chi connectivity index (χ1n) is 5.34. The summed E-state index contributed by atoms with van der Waals surface area (Å²) in [6, 6.07) is 3.93. The summed E-state index contributed by atoms with van der Waals surface area (Å²) in [5, 5.41) is 0. The van der Waals surface area contributed by atoms with E-state index in [9.17, 15) is 4.79 Å². The standard InChI is InChI=1S/C12H18N2O/c1-3-10-4-5-11(14-8-10)6-12(15)9(2)7-13/h4-5,8-9H,3,6-7,13H2,1-2H3. The fourth-order valence-electron chi connectivity index (χ4n) is 1.25. The molecular formula is C12H18N2O. The van der Waals surface area contributed by atoms with E-state index in [1.54, 1.807) is 0 Å². The van der Waals surface area contributed by atoms with E-state index in [0.29, 0.717) is 13.0 Å². The molecule has 0 aliphatic carbocycles. The third-order valence-corrected chi connectivity index (χ3v) is 2.55. The minimum atomic E-state index is -0.0716. The van der Waals surface area contributed by atoms with Gasteiger partial charge in [-0.25, -0.2) is 0 Å². The van der Waals surface area contributed by atoms with Crippen LogP contribution in [0.3, 0.4) is 0 Å². The van der Waals surface area contributed by atoms with Gasteiger partial charge in [-0.3, -0.25) is 9.78 Å². The van der Waals surface area contributed by atoms with Gasteiger partial charge in [0, 0.05) is 30.8 Å². The van der Waals surface area contributed by atoms with Gasteiger partial charge in [0.15, 0.2) is 0 Å². The zero-order valence-electron chi connectivity index (χ0n) is 9.36. The van der Waals surface area contributed by atoms with Crippen LogP contribution in [0.4, 0.5) is 0 Å². The number of ketones is 1. The molecule has 82 valence electrons. The number of nitrogens with zero attached hydrogens (tertiary/aromatic N) is 1. The first-order chi connectivity index (χ1) is 7.17. The van der Waals surface area contributed by atoms with Crippen LogP contribution in [0.1, 0.15) is 25.1 Å². The Bertz CT molecular complexity index is 319. The van der Waals surface area contributed by atoms with Gasteiger partial charge in [-0.05, 0) is 18.1 Å². The SMILES string of the molecule is CCc1ccc(CC(=O)C(C)CN)nc1. The van der Waals surface area contributed by atoms with E-state index in [1.807, 2.05) is 25.3 Å². The van der Waals surface area contributed by atoms with E-state index in [1.165, 1.54) is 5.56 Å². The molecule has 15 heavy (non-hydrogen) atoms. The van der Waals surface area contributed by atoms with Crippen LogP contribution < -0.4 is 5.73 Å². The van der Waals surface area contributed by atoms with Gasteiger partial charge in [-0.1, -0.05) is 19.9 Å². The number of nitrogens with two attached hydrogens (primary N) is 1. The second-order valence-corrected chi connectivity index (χ2v) is 3.79. The van der Waals surface area contributed by atoms with Gasteiger partial charge in [0.1, 0.15) is 5.78 Å². The van der Waals surface area contributed by atoms with Crippen LogP contribution in [-0.4, -0.2) is 17.3 Å². The van der Waals surface area contributed by atoms with Gasteiger partial charge in [0.25, 0.3) is 0 Å². The molecule has 1 atom stereocenters. The van der Waals surface area contributed by atoms with E-state index < -0.39 is 0 Å². The number of aryl methyl sites for hydroxylation is 1. The highest BCUT2D eigenvalue weighted by atomic mass is 16.1. The maximum absolute atomic E-state index is 11.6. The highest BCUT2D eigenvalue weighted by Crippen LogP contribution is 2.05. The third-order valence-electron chi connectivity index (χ3n) is 2.55. The molecule has 1 heterocycles. The summed E-state index contributed by atoms with van der Waals surface area (Å²) in [5.74, 6) is 0.0897. The molecule has 0 fully saturated rings. The van der Waals surface area contributed by atoms with Crippen molar-refractivity contribution in [1.29, 1.82) is 0 Å². The van der Waals surface area contributed by atoms with Crippen LogP contribution in [0.2, 0.25) is 0 Å². The number of pyridine rings is 1. The molecule has 1 unspecified atom stereocenters. The molecule has 1 rings (SSSR count). The summed E-state index contributed by atoms with van der Waals surface area (Å²) in [6.45, 7) is 4.34. The third kappa shape index (κ3) is 3.44. The van der Waals surface area contributed by atoms with Crippen LogP contribution in [0, 0.1) is 5.92 Å². The summed E-state index contributed by atoms with van der Waals surface area (Å²) >= 11 is 0. The minimum absolute atomic E-state index is 0.0716. The first kappa shape index (κ1) is 11.9. The Hall–Kier alpha value is -1.22. The van der Waals surface area contributed by atoms with Crippen molar-refractivity contribution in [3.05, 3.63) is 29.6 Å². The molecule has 3 nitrogen and oxygen atoms in total. The zero-order valence-corrected chi connectivity index (χ0v) is 9.36. The Labute approximate surface area is 90.7 Å². The van der Waals surface area contributed by atoms with Crippen molar-refractivity contribution in [2.45, 2.75) is 26.7 Å². The summed E-state index contributed by atoms with van der Waals surface area (Å²) in [4.78, 5) is 15.8. The lowest BCUT2D eigenvalue weighted by atomic mass is 10.0. The molecule has 0 bridgehead atoms. The molecule has 0 spiro atoms. The Morgan fingerprint density at radius 3 is 2.73 bits per heavy atom. The second kappa shape index (κ2) is 5.61. The number of Topliss-reactive ketones (excluding diaryl/α,β-unsaturated/α-hetero) is 1. The van der Waals surface area contributed by atoms with Crippen molar-refractivity contribution in [3.63, 3.8) is 0 Å². The zero-order chi connectivity index (χ0) is 11.3. The van der Waals surface area contributed by atoms with E-state index in [4.69, 9.17) is 5.73 Å². The Morgan fingerprint density at radius 2 is 2.27 bits per heavy atom. The van der Waals surface area contributed by atoms with Crippen molar-refractivity contribution in [2.24, 2.45) is 11.7 Å². The van der Waals surface area contributed by atoms with Crippen molar-refractivity contribution < 1.29 is 4.79 Å². The molecule has 0 saturated heterocycles. The van der Waals surface area contributed by atoms with Crippen LogP contribution >= 0.6 is 0 Å². The second-order valence-electron chi connectivity index (χ2n) is 3.79. The van der Waals surface area contributed by atoms with Crippen molar-refractivity contribution >= 4 is 5.78 Å². The predicted octanol–water partition coefficient (Wildman–Crippen LogP) is 1.35. The quantitative estimate of drug-likeness (QED) is 0.791. The van der Waals surface area contributed by atoms with Crippen LogP contribution in [0.15, 0.2) is 18.3 Å². The maximum atomic E-state index is 11.6. The average Bonchev–Trinajstić information content (AvgIpc) is 2.29. The van der Waals surface area contributed by atoms with Gasteiger partial charge in [-0.2, -0.15) is 0 Å². The average molecular weight is 206 g/mol. The van der Waals surface area contributed by atoms with Crippen molar-refractivity contribution in [3.8, 4) is 0 Å². The fraction of sp³-hybridized carbons (Fsp3) is 0.500. The van der Waals surface area contributed by atoms with Gasteiger partial charge < -0.3 is 5.73 Å². The minimum Gasteiger partial charge on any atom is -0.330 e. The summed E-state index contributed by atoms with van der Waals surface area (Å²) in [7, 11) is 0. The van der Waals surface area contributed by atoms with Gasteiger partial charge >= 0.3 is 0 Å². The molecule has 0 aliphatic heterocycles. The highest BCUT2D eigenvalue weighted by molar-refractivity contribution is 5.82. The highest BCUT2D eigenvalue weighted by Gasteiger charge is 2.11. The van der Waals surface area contributed by atoms with Crippen LogP contribution in [0.25, 0.3) is 0 Å². The lowest BCUT2D eigenvalue weighted by Gasteiger charge is -2.06. The van der Waals surface area contributed by atoms with E-state index in [2.05, 4.69) is 11.9 Å². The summed E-state index contributed by atoms with van der Waals surface area (Å²) < 4.78 is 0. The molecule has 3 heteroatoms. The van der Waals surface area contributed by atoms with E-state index in [-0.39, 0.29) is 11.7 Å². The molecule has 1 aromatic rings. The van der Waals surface area contributed by atoms with Crippen molar-refractivity contribution in [2.75, 3.05) is 6.54 Å². The van der Waals surface area contributed by atoms with Gasteiger partial charge in [0.2, 0.25) is 0 Å². The maximum Gasteiger partial charge on any atom is 0.142 e. The number of carbonyl (C=O) groups is 1. The lowest BCUT2D eigenvalue weighted by molar-refractivity contribution is -0.121. The molecule has 2 N–H and O–H groups in total. The smallest absolute Gasteiger partial charge is 0.142 e. The molecule has 0 aliphatic rings. The number of carbonyl (C=O) groups excluding carboxylic acids is 1. The molecule has 0 amide bonds. The molecule has 0 aromatic carbocycles. The van der Waals surface area contributed by atoms with Crippen LogP contribution in [0.5, 0.6) is 0 Å². The lowest BCUT2D eigenvalue weighted by Crippen LogP contribution is -2.22. The topological polar surface area (TPSA) is 56.0 Å². The fourth-order valence-corrected chi connectivity index (χ4v) is 1.25. The largest absolute Gasteiger partial charge is 0.330 e. The molecule has 1 aromatic heterocycles. The molecular weight excluding hydrogens is 188 g/mol. The number of rotatable bonds is 5. The number of hydrogen-bond donors (Lipinski definition) is 1. The molecule has 0 radical (unpaired) electrons. The van der Waals surface area contributed by atoms with Gasteiger partial charge in [0.05, 0.1) is 0 Å². The van der Waals surface area contributed by atoms with Gasteiger partial charge in [-0.15, -0.1) is 0 Å². The van der Waals surface area contributed by atoms with E-state index in [0.717, 1.165) is 12.1 Å². The first-order valence-corrected chi connectivity index (χ1v) is 5.34. The van der Waals surface area contributed by atoms with Crippen LogP contribution in [-0.2, 0) is 17.6 Å². The number of aromatic nitrogens is 1. The summed E-state index contributed by atoms with van der Waals surface area (Å²) in [5.41, 5.74) is 7.45. The van der Waals surface area contributed by atoms with Crippen molar-refractivity contribution in [1.82, 2.24) is 4.98 Å². The number of hydrogen-bond acceptors (Lipinski definition) is 3. The molecule has 0 saturated carbocycles. The monoisotopic (exact) mass is 206 g/mol. The predicted molar refractivity (Wildman–Crippen MR) is 60.5 cm³/mol. The normalized spacial score (nSPS) is 12.5. The summed E-state index contributed by atoms with van der Waals surface area (Å²) in [6.07, 6.45) is 3.19.